The molecule has 0 fully saturated rings. The summed E-state index contributed by atoms with van der Waals surface area (Å²) in [5, 5.41) is 3.06. The fourth-order valence-electron chi connectivity index (χ4n) is 4.28. The molecule has 3 aromatic rings. The van der Waals surface area contributed by atoms with Gasteiger partial charge in [-0.15, -0.1) is 0 Å². The molecule has 1 N–H and O–H groups in total. The van der Waals surface area contributed by atoms with Gasteiger partial charge in [-0.2, -0.15) is 0 Å². The van der Waals surface area contributed by atoms with Crippen molar-refractivity contribution in [2.24, 2.45) is 0 Å². The fraction of sp³-hybridized carbons (Fsp3) is 0.355. The number of halogens is 1. The van der Waals surface area contributed by atoms with E-state index in [1.165, 1.54) is 0 Å². The van der Waals surface area contributed by atoms with Crippen LogP contribution in [0.1, 0.15) is 42.9 Å². The number of amides is 2. The monoisotopic (exact) mass is 580 g/mol. The first kappa shape index (κ1) is 29.2. The maximum absolute atomic E-state index is 13.8. The first-order valence-electron chi connectivity index (χ1n) is 13.0. The predicted molar refractivity (Wildman–Crippen MR) is 154 cm³/mol. The minimum atomic E-state index is -0.629. The number of nitrogens with zero attached hydrogens (tertiary/aromatic N) is 1. The third kappa shape index (κ3) is 8.62. The second-order valence-electron chi connectivity index (χ2n) is 9.19. The zero-order valence-corrected chi connectivity index (χ0v) is 24.0. The van der Waals surface area contributed by atoms with Crippen molar-refractivity contribution in [2.45, 2.75) is 51.6 Å². The lowest BCUT2D eigenvalue weighted by Crippen LogP contribution is -2.50. The first-order chi connectivity index (χ1) is 18.4. The Bertz CT molecular complexity index is 1170. The molecule has 202 valence electrons. The molecular weight excluding hydrogens is 544 g/mol. The number of carbonyl (C=O) groups is 2. The summed E-state index contributed by atoms with van der Waals surface area (Å²) in [6.45, 7) is 3.02. The lowest BCUT2D eigenvalue weighted by Gasteiger charge is -2.32. The number of rotatable bonds is 14. The van der Waals surface area contributed by atoms with Gasteiger partial charge in [0, 0.05) is 30.4 Å². The van der Waals surface area contributed by atoms with Crippen LogP contribution in [0, 0.1) is 0 Å². The predicted octanol–water partition coefficient (Wildman–Crippen LogP) is 5.96. The van der Waals surface area contributed by atoms with Crippen molar-refractivity contribution in [3.05, 3.63) is 94.0 Å². The molecule has 6 nitrogen and oxygen atoms in total. The van der Waals surface area contributed by atoms with Gasteiger partial charge in [0.15, 0.2) is 11.5 Å². The van der Waals surface area contributed by atoms with Crippen LogP contribution >= 0.6 is 15.9 Å². The number of benzene rings is 3. The molecule has 0 aliphatic rings. The van der Waals surface area contributed by atoms with E-state index in [2.05, 4.69) is 28.2 Å². The smallest absolute Gasteiger partial charge is 0.243 e. The van der Waals surface area contributed by atoms with E-state index in [0.29, 0.717) is 37.4 Å². The maximum atomic E-state index is 13.8. The Kier molecular flexibility index (Phi) is 11.7. The van der Waals surface area contributed by atoms with Gasteiger partial charge < -0.3 is 19.7 Å². The molecule has 0 aromatic heterocycles. The summed E-state index contributed by atoms with van der Waals surface area (Å²) >= 11 is 3.48. The van der Waals surface area contributed by atoms with Crippen LogP contribution in [0.5, 0.6) is 11.5 Å². The molecule has 0 radical (unpaired) electrons. The number of carbonyl (C=O) groups excluding carboxylic acids is 2. The highest BCUT2D eigenvalue weighted by atomic mass is 79.9. The van der Waals surface area contributed by atoms with Gasteiger partial charge in [-0.05, 0) is 53.8 Å². The van der Waals surface area contributed by atoms with Gasteiger partial charge in [-0.3, -0.25) is 9.59 Å². The summed E-state index contributed by atoms with van der Waals surface area (Å²) in [5.41, 5.74) is 2.94. The number of methoxy groups -OCH3 is 2. The molecule has 0 bridgehead atoms. The molecule has 0 heterocycles. The molecule has 0 aliphatic carbocycles. The first-order valence-corrected chi connectivity index (χ1v) is 13.8. The van der Waals surface area contributed by atoms with Gasteiger partial charge in [-0.1, -0.05) is 77.8 Å². The van der Waals surface area contributed by atoms with E-state index in [0.717, 1.165) is 34.0 Å². The summed E-state index contributed by atoms with van der Waals surface area (Å²) in [6, 6.07) is 22.8. The van der Waals surface area contributed by atoms with Gasteiger partial charge in [-0.25, -0.2) is 0 Å². The number of ether oxygens (including phenoxy) is 2. The quantitative estimate of drug-likeness (QED) is 0.239. The summed E-state index contributed by atoms with van der Waals surface area (Å²) in [4.78, 5) is 29.0. The van der Waals surface area contributed by atoms with E-state index >= 15 is 0 Å². The number of unbranched alkanes of at least 4 members (excludes halogenated alkanes) is 1. The minimum Gasteiger partial charge on any atom is -0.493 e. The van der Waals surface area contributed by atoms with E-state index in [1.54, 1.807) is 19.1 Å². The molecule has 0 spiro atoms. The molecule has 0 saturated heterocycles. The van der Waals surface area contributed by atoms with Crippen molar-refractivity contribution in [1.29, 1.82) is 0 Å². The maximum Gasteiger partial charge on any atom is 0.243 e. The van der Waals surface area contributed by atoms with E-state index in [-0.39, 0.29) is 18.2 Å². The highest BCUT2D eigenvalue weighted by Gasteiger charge is 2.30. The summed E-state index contributed by atoms with van der Waals surface area (Å²) in [5.74, 6) is 1.07. The average Bonchev–Trinajstić information content (AvgIpc) is 2.95. The lowest BCUT2D eigenvalue weighted by atomic mass is 10.0. The van der Waals surface area contributed by atoms with Crippen LogP contribution in [0.3, 0.4) is 0 Å². The Labute approximate surface area is 234 Å². The Morgan fingerprint density at radius 1 is 0.895 bits per heavy atom. The number of aryl methyl sites for hydroxylation is 1. The molecule has 1 atom stereocenters. The zero-order valence-electron chi connectivity index (χ0n) is 22.4. The Morgan fingerprint density at radius 3 is 2.24 bits per heavy atom. The second-order valence-corrected chi connectivity index (χ2v) is 10.1. The molecule has 7 heteroatoms. The van der Waals surface area contributed by atoms with Crippen LogP contribution in [-0.4, -0.2) is 43.5 Å². The molecule has 3 rings (SSSR count). The van der Waals surface area contributed by atoms with Crippen molar-refractivity contribution < 1.29 is 19.1 Å². The van der Waals surface area contributed by atoms with Gasteiger partial charge >= 0.3 is 0 Å². The second kappa shape index (κ2) is 15.2. The van der Waals surface area contributed by atoms with E-state index < -0.39 is 6.04 Å². The van der Waals surface area contributed by atoms with Gasteiger partial charge in [0.2, 0.25) is 11.8 Å². The number of hydrogen-bond donors (Lipinski definition) is 1. The summed E-state index contributed by atoms with van der Waals surface area (Å²) < 4.78 is 11.7. The fourth-order valence-corrected chi connectivity index (χ4v) is 4.54. The van der Waals surface area contributed by atoms with Crippen molar-refractivity contribution >= 4 is 27.7 Å². The van der Waals surface area contributed by atoms with Crippen LogP contribution in [0.25, 0.3) is 0 Å². The molecule has 3 aromatic carbocycles. The molecular formula is C31H37BrN2O4. The van der Waals surface area contributed by atoms with Gasteiger partial charge in [0.1, 0.15) is 6.04 Å². The highest BCUT2D eigenvalue weighted by molar-refractivity contribution is 9.10. The van der Waals surface area contributed by atoms with Crippen molar-refractivity contribution in [1.82, 2.24) is 10.2 Å². The highest BCUT2D eigenvalue weighted by Crippen LogP contribution is 2.28. The number of hydrogen-bond acceptors (Lipinski definition) is 4. The van der Waals surface area contributed by atoms with E-state index in [4.69, 9.17) is 9.47 Å². The van der Waals surface area contributed by atoms with E-state index in [9.17, 15) is 9.59 Å². The molecule has 0 saturated carbocycles. The third-order valence-corrected chi connectivity index (χ3v) is 6.97. The lowest BCUT2D eigenvalue weighted by molar-refractivity contribution is -0.141. The van der Waals surface area contributed by atoms with E-state index in [1.807, 2.05) is 72.8 Å². The Balaban J connectivity index is 1.88. The Hall–Kier alpha value is -3.32. The molecule has 38 heavy (non-hydrogen) atoms. The largest absolute Gasteiger partial charge is 0.493 e. The van der Waals surface area contributed by atoms with Gasteiger partial charge in [0.05, 0.1) is 14.2 Å². The molecule has 0 unspecified atom stereocenters. The average molecular weight is 582 g/mol. The normalized spacial score (nSPS) is 11.5. The van der Waals surface area contributed by atoms with Crippen LogP contribution < -0.4 is 14.8 Å². The van der Waals surface area contributed by atoms with Crippen LogP contribution in [-0.2, 0) is 29.0 Å². The molecule has 0 aliphatic heterocycles. The van der Waals surface area contributed by atoms with Crippen LogP contribution in [0.4, 0.5) is 0 Å². The Morgan fingerprint density at radius 2 is 1.58 bits per heavy atom. The molecule has 2 amide bonds. The zero-order chi connectivity index (χ0) is 27.3. The SMILES string of the molecule is CCCCNC(=O)[C@H](Cc1ccccc1)N(Cc1ccc(Br)cc1)C(=O)CCc1ccc(OC)c(OC)c1. The van der Waals surface area contributed by atoms with Crippen molar-refractivity contribution in [3.63, 3.8) is 0 Å². The minimum absolute atomic E-state index is 0.0747. The van der Waals surface area contributed by atoms with Crippen LogP contribution in [0.15, 0.2) is 77.3 Å². The van der Waals surface area contributed by atoms with Crippen molar-refractivity contribution in [2.75, 3.05) is 20.8 Å². The number of nitrogens with one attached hydrogen (secondary N) is 1. The van der Waals surface area contributed by atoms with Crippen molar-refractivity contribution in [3.8, 4) is 11.5 Å². The van der Waals surface area contributed by atoms with Gasteiger partial charge in [0.25, 0.3) is 0 Å². The van der Waals surface area contributed by atoms with Crippen LogP contribution in [0.2, 0.25) is 0 Å². The standard InChI is InChI=1S/C31H37BrN2O4/c1-4-5-19-33-31(36)27(20-23-9-7-6-8-10-23)34(22-25-11-15-26(32)16-12-25)30(35)18-14-24-13-17-28(37-2)29(21-24)38-3/h6-13,15-17,21,27H,4-5,14,18-20,22H2,1-3H3,(H,33,36)/t27-/m0/s1. The summed E-state index contributed by atoms with van der Waals surface area (Å²) in [6.07, 6.45) is 3.10. The third-order valence-electron chi connectivity index (χ3n) is 6.44. The topological polar surface area (TPSA) is 67.9 Å². The summed E-state index contributed by atoms with van der Waals surface area (Å²) in [7, 11) is 3.19.